The van der Waals surface area contributed by atoms with Gasteiger partial charge >= 0.3 is 22.3 Å². The summed E-state index contributed by atoms with van der Waals surface area (Å²) in [5, 5.41) is 9.10. The van der Waals surface area contributed by atoms with E-state index in [0.29, 0.717) is 5.56 Å². The summed E-state index contributed by atoms with van der Waals surface area (Å²) in [4.78, 5) is 22.0. The van der Waals surface area contributed by atoms with E-state index < -0.39 is 34.7 Å². The van der Waals surface area contributed by atoms with Gasteiger partial charge in [0, 0.05) is 6.54 Å². The van der Waals surface area contributed by atoms with Crippen LogP contribution in [0.1, 0.15) is 11.5 Å². The van der Waals surface area contributed by atoms with Gasteiger partial charge in [-0.1, -0.05) is 30.3 Å². The fraction of sp³-hybridized carbons (Fsp3) is 0.273. The smallest absolute Gasteiger partial charge is 0.421 e. The van der Waals surface area contributed by atoms with Gasteiger partial charge < -0.3 is 9.84 Å². The van der Waals surface area contributed by atoms with Gasteiger partial charge in [-0.05, 0) is 5.56 Å². The third kappa shape index (κ3) is 4.86. The predicted molar refractivity (Wildman–Crippen MR) is 69.3 cm³/mol. The minimum Gasteiger partial charge on any atom is -0.481 e. The van der Waals surface area contributed by atoms with Crippen molar-refractivity contribution in [1.29, 1.82) is 0 Å². The number of hydrogen-bond acceptors (Lipinski definition) is 5. The van der Waals surface area contributed by atoms with Crippen LogP contribution < -0.4 is 9.44 Å². The van der Waals surface area contributed by atoms with E-state index in [1.165, 1.54) is 0 Å². The Kier molecular flexibility index (Phi) is 5.47. The second-order valence-corrected chi connectivity index (χ2v) is 5.25. The molecule has 3 N–H and O–H groups in total. The van der Waals surface area contributed by atoms with Crippen molar-refractivity contribution < 1.29 is 27.9 Å². The van der Waals surface area contributed by atoms with Crippen molar-refractivity contribution in [2.75, 3.05) is 13.7 Å². The van der Waals surface area contributed by atoms with E-state index in [9.17, 15) is 18.0 Å². The van der Waals surface area contributed by atoms with Crippen molar-refractivity contribution in [2.45, 2.75) is 5.92 Å². The molecule has 0 heterocycles. The van der Waals surface area contributed by atoms with Crippen molar-refractivity contribution >= 4 is 22.3 Å². The number of amides is 1. The van der Waals surface area contributed by atoms with E-state index in [2.05, 4.69) is 4.74 Å². The second kappa shape index (κ2) is 6.87. The minimum atomic E-state index is -4.17. The lowest BCUT2D eigenvalue weighted by molar-refractivity contribution is -0.138. The number of carboxylic acids is 1. The average Bonchev–Trinajstić information content (AvgIpc) is 2.39. The molecule has 20 heavy (non-hydrogen) atoms. The summed E-state index contributed by atoms with van der Waals surface area (Å²) < 4.78 is 30.6. The van der Waals surface area contributed by atoms with Crippen LogP contribution in [-0.4, -0.2) is 39.2 Å². The lowest BCUT2D eigenvalue weighted by Gasteiger charge is -2.14. The molecule has 0 saturated carbocycles. The van der Waals surface area contributed by atoms with E-state index >= 15 is 0 Å². The molecule has 1 amide bonds. The van der Waals surface area contributed by atoms with E-state index in [4.69, 9.17) is 5.11 Å². The Morgan fingerprint density at radius 2 is 1.90 bits per heavy atom. The van der Waals surface area contributed by atoms with Crippen molar-refractivity contribution in [3.8, 4) is 0 Å². The van der Waals surface area contributed by atoms with Gasteiger partial charge in [0.1, 0.15) is 0 Å². The van der Waals surface area contributed by atoms with Gasteiger partial charge in [0.05, 0.1) is 13.0 Å². The topological polar surface area (TPSA) is 122 Å². The highest BCUT2D eigenvalue weighted by Crippen LogP contribution is 2.14. The molecule has 1 aromatic rings. The van der Waals surface area contributed by atoms with Crippen molar-refractivity contribution in [1.82, 2.24) is 9.44 Å². The Bertz CT molecular complexity index is 572. The first-order chi connectivity index (χ1) is 9.35. The molecule has 0 aliphatic carbocycles. The first kappa shape index (κ1) is 15.9. The molecule has 1 atom stereocenters. The SMILES string of the molecule is COC(=O)NS(=O)(=O)NCC(C(=O)O)c1ccccc1. The highest BCUT2D eigenvalue weighted by Gasteiger charge is 2.23. The zero-order valence-electron chi connectivity index (χ0n) is 10.6. The summed E-state index contributed by atoms with van der Waals surface area (Å²) >= 11 is 0. The van der Waals surface area contributed by atoms with Crippen LogP contribution in [0, 0.1) is 0 Å². The molecular weight excluding hydrogens is 288 g/mol. The number of nitrogens with one attached hydrogen (secondary N) is 2. The van der Waals surface area contributed by atoms with Gasteiger partial charge in [0.2, 0.25) is 0 Å². The molecule has 0 bridgehead atoms. The quantitative estimate of drug-likeness (QED) is 0.682. The zero-order chi connectivity index (χ0) is 15.2. The van der Waals surface area contributed by atoms with Crippen molar-refractivity contribution in [3.05, 3.63) is 35.9 Å². The summed E-state index contributed by atoms with van der Waals surface area (Å²) in [5.41, 5.74) is 0.445. The van der Waals surface area contributed by atoms with Gasteiger partial charge in [-0.2, -0.15) is 13.1 Å². The Hall–Kier alpha value is -2.13. The average molecular weight is 302 g/mol. The first-order valence-corrected chi connectivity index (χ1v) is 6.97. The third-order valence-corrected chi connectivity index (χ3v) is 3.36. The first-order valence-electron chi connectivity index (χ1n) is 5.49. The molecule has 0 spiro atoms. The van der Waals surface area contributed by atoms with E-state index in [-0.39, 0.29) is 0 Å². The fourth-order valence-electron chi connectivity index (χ4n) is 1.41. The maximum Gasteiger partial charge on any atom is 0.421 e. The van der Waals surface area contributed by atoms with Crippen molar-refractivity contribution in [2.24, 2.45) is 0 Å². The molecule has 0 aliphatic heterocycles. The van der Waals surface area contributed by atoms with E-state index in [1.54, 1.807) is 35.1 Å². The third-order valence-electron chi connectivity index (χ3n) is 2.38. The summed E-state index contributed by atoms with van der Waals surface area (Å²) in [6.45, 7) is -0.397. The monoisotopic (exact) mass is 302 g/mol. The molecule has 9 heteroatoms. The summed E-state index contributed by atoms with van der Waals surface area (Å²) in [5.74, 6) is -2.25. The highest BCUT2D eigenvalue weighted by molar-refractivity contribution is 7.88. The normalized spacial score (nSPS) is 12.4. The maximum atomic E-state index is 11.4. The molecular formula is C11H14N2O6S. The predicted octanol–water partition coefficient (Wildman–Crippen LogP) is 0.0452. The Morgan fingerprint density at radius 3 is 2.40 bits per heavy atom. The molecule has 8 nitrogen and oxygen atoms in total. The second-order valence-electron chi connectivity index (χ2n) is 3.75. The minimum absolute atomic E-state index is 0.397. The number of rotatable bonds is 6. The Labute approximate surface area is 115 Å². The van der Waals surface area contributed by atoms with E-state index in [0.717, 1.165) is 7.11 Å². The molecule has 0 aromatic heterocycles. The summed E-state index contributed by atoms with van der Waals surface area (Å²) in [6, 6.07) is 8.14. The van der Waals surface area contributed by atoms with Crippen LogP contribution in [0.15, 0.2) is 30.3 Å². The maximum absolute atomic E-state index is 11.4. The van der Waals surface area contributed by atoms with Crippen LogP contribution >= 0.6 is 0 Å². The van der Waals surface area contributed by atoms with Crippen LogP contribution in [0.4, 0.5) is 4.79 Å². The standard InChI is InChI=1S/C11H14N2O6S/c1-19-11(16)13-20(17,18)12-7-9(10(14)15)8-5-3-2-4-6-8/h2-6,9,12H,7H2,1H3,(H,13,16)(H,14,15). The number of aliphatic carboxylic acids is 1. The van der Waals surface area contributed by atoms with Crippen molar-refractivity contribution in [3.63, 3.8) is 0 Å². The molecule has 1 unspecified atom stereocenters. The van der Waals surface area contributed by atoms with E-state index in [1.807, 2.05) is 4.72 Å². The van der Waals surface area contributed by atoms with Crippen LogP contribution in [-0.2, 0) is 19.7 Å². The fourth-order valence-corrected chi connectivity index (χ4v) is 2.17. The lowest BCUT2D eigenvalue weighted by atomic mass is 10.00. The molecule has 0 aliphatic rings. The number of hydrogen-bond donors (Lipinski definition) is 3. The zero-order valence-corrected chi connectivity index (χ0v) is 11.4. The van der Waals surface area contributed by atoms with Gasteiger partial charge in [-0.25, -0.2) is 9.52 Å². The number of carbonyl (C=O) groups excluding carboxylic acids is 1. The van der Waals surface area contributed by atoms with Crippen LogP contribution in [0.5, 0.6) is 0 Å². The molecule has 0 fully saturated rings. The number of methoxy groups -OCH3 is 1. The summed E-state index contributed by atoms with van der Waals surface area (Å²) in [6.07, 6.45) is -1.16. The van der Waals surface area contributed by atoms with Crippen LogP contribution in [0.3, 0.4) is 0 Å². The molecule has 1 rings (SSSR count). The molecule has 0 radical (unpaired) electrons. The number of benzene rings is 1. The number of carboxylic acid groups (broad SMARTS) is 1. The van der Waals surface area contributed by atoms with Gasteiger partial charge in [-0.15, -0.1) is 0 Å². The van der Waals surface area contributed by atoms with Gasteiger partial charge in [0.25, 0.3) is 0 Å². The Morgan fingerprint density at radius 1 is 1.30 bits per heavy atom. The van der Waals surface area contributed by atoms with Crippen LogP contribution in [0.25, 0.3) is 0 Å². The van der Waals surface area contributed by atoms with Gasteiger partial charge in [-0.3, -0.25) is 4.79 Å². The Balaban J connectivity index is 2.74. The van der Waals surface area contributed by atoms with Gasteiger partial charge in [0.15, 0.2) is 0 Å². The molecule has 0 saturated heterocycles. The lowest BCUT2D eigenvalue weighted by Crippen LogP contribution is -2.42. The number of carbonyl (C=O) groups is 2. The van der Waals surface area contributed by atoms with Crippen LogP contribution in [0.2, 0.25) is 0 Å². The highest BCUT2D eigenvalue weighted by atomic mass is 32.2. The molecule has 1 aromatic carbocycles. The summed E-state index contributed by atoms with van der Waals surface area (Å²) in [7, 11) is -3.16. The molecule has 110 valence electrons. The number of ether oxygens (including phenoxy) is 1. The largest absolute Gasteiger partial charge is 0.481 e.